The number of halogens is 2. The van der Waals surface area contributed by atoms with Crippen LogP contribution in [0.15, 0.2) is 42.5 Å². The minimum atomic E-state index is -1.52. The Balaban J connectivity index is 1.60. The van der Waals surface area contributed by atoms with Crippen molar-refractivity contribution < 1.29 is 24.3 Å². The summed E-state index contributed by atoms with van der Waals surface area (Å²) in [5.74, 6) is -4.40. The van der Waals surface area contributed by atoms with Gasteiger partial charge < -0.3 is 10.4 Å². The number of nitrogens with zero attached hydrogens (tertiary/aromatic N) is 1. The van der Waals surface area contributed by atoms with Crippen LogP contribution in [-0.4, -0.2) is 39.7 Å². The van der Waals surface area contributed by atoms with Gasteiger partial charge >= 0.3 is 5.97 Å². The van der Waals surface area contributed by atoms with Crippen molar-refractivity contribution in [3.05, 3.63) is 63.6 Å². The number of amides is 3. The molecule has 4 atom stereocenters. The van der Waals surface area contributed by atoms with Crippen molar-refractivity contribution in [2.75, 3.05) is 5.32 Å². The minimum absolute atomic E-state index is 0.0317. The van der Waals surface area contributed by atoms with Gasteiger partial charge in [-0.3, -0.25) is 29.4 Å². The second kappa shape index (κ2) is 7.83. The van der Waals surface area contributed by atoms with E-state index in [2.05, 4.69) is 10.6 Å². The number of anilines is 1. The highest BCUT2D eigenvalue weighted by molar-refractivity contribution is 6.35. The highest BCUT2D eigenvalue weighted by atomic mass is 35.5. The van der Waals surface area contributed by atoms with E-state index in [0.717, 1.165) is 4.90 Å². The number of hydrogen-bond donors (Lipinski definition) is 3. The molecule has 10 heteroatoms. The lowest BCUT2D eigenvalue weighted by Gasteiger charge is -2.29. The lowest BCUT2D eigenvalue weighted by atomic mass is 9.76. The van der Waals surface area contributed by atoms with E-state index in [1.807, 2.05) is 0 Å². The first-order valence-electron chi connectivity index (χ1n) is 10.4. The van der Waals surface area contributed by atoms with Gasteiger partial charge in [0.25, 0.3) is 0 Å². The minimum Gasteiger partial charge on any atom is -0.481 e. The molecule has 5 rings (SSSR count). The topological polar surface area (TPSA) is 116 Å². The Morgan fingerprint density at radius 2 is 1.76 bits per heavy atom. The molecule has 0 unspecified atom stereocenters. The largest absolute Gasteiger partial charge is 0.481 e. The molecule has 0 bridgehead atoms. The van der Waals surface area contributed by atoms with E-state index in [-0.39, 0.29) is 19.4 Å². The van der Waals surface area contributed by atoms with Gasteiger partial charge in [0.15, 0.2) is 0 Å². The fourth-order valence-electron chi connectivity index (χ4n) is 5.33. The zero-order chi connectivity index (χ0) is 23.5. The smallest absolute Gasteiger partial charge is 0.303 e. The van der Waals surface area contributed by atoms with Crippen LogP contribution in [0.1, 0.15) is 24.0 Å². The molecule has 2 saturated heterocycles. The van der Waals surface area contributed by atoms with Gasteiger partial charge in [0.05, 0.1) is 29.1 Å². The second-order valence-corrected chi connectivity index (χ2v) is 9.28. The average Bonchev–Trinajstić information content (AvgIpc) is 3.35. The van der Waals surface area contributed by atoms with Gasteiger partial charge in [-0.25, -0.2) is 0 Å². The fourth-order valence-corrected chi connectivity index (χ4v) is 5.75. The van der Waals surface area contributed by atoms with Gasteiger partial charge in [-0.15, -0.1) is 0 Å². The Morgan fingerprint density at radius 1 is 1.03 bits per heavy atom. The number of carboxylic acid groups (broad SMARTS) is 1. The first-order valence-corrected chi connectivity index (χ1v) is 11.2. The second-order valence-electron chi connectivity index (χ2n) is 8.47. The summed E-state index contributed by atoms with van der Waals surface area (Å²) >= 11 is 12.6. The number of carbonyl (C=O) groups excluding carboxylic acids is 3. The molecule has 0 aromatic heterocycles. The summed E-state index contributed by atoms with van der Waals surface area (Å²) < 4.78 is 0. The van der Waals surface area contributed by atoms with Gasteiger partial charge in [-0.05, 0) is 24.1 Å². The van der Waals surface area contributed by atoms with E-state index in [9.17, 15) is 24.3 Å². The maximum absolute atomic E-state index is 13.7. The maximum Gasteiger partial charge on any atom is 0.303 e. The summed E-state index contributed by atoms with van der Waals surface area (Å²) in [6.45, 7) is -0.0317. The van der Waals surface area contributed by atoms with Crippen molar-refractivity contribution in [1.82, 2.24) is 10.2 Å². The van der Waals surface area contributed by atoms with Crippen LogP contribution in [0.3, 0.4) is 0 Å². The summed E-state index contributed by atoms with van der Waals surface area (Å²) in [6.07, 6.45) is -0.132. The summed E-state index contributed by atoms with van der Waals surface area (Å²) in [7, 11) is 0. The summed E-state index contributed by atoms with van der Waals surface area (Å²) in [5.41, 5.74) is -0.0484. The Labute approximate surface area is 198 Å². The van der Waals surface area contributed by atoms with Crippen LogP contribution in [0.5, 0.6) is 0 Å². The monoisotopic (exact) mass is 487 g/mol. The van der Waals surface area contributed by atoms with E-state index in [4.69, 9.17) is 23.2 Å². The SMILES string of the molecule is O=C(O)CC[C@H]1N[C@]2(C(=O)Nc3c(Cl)cccc32)[C@@H]2C(=O)N(Cc3ccccc3Cl)C(=O)[C@@H]21. The molecular formula is C23H19Cl2N3O5. The Morgan fingerprint density at radius 3 is 2.48 bits per heavy atom. The molecule has 170 valence electrons. The van der Waals surface area contributed by atoms with E-state index < -0.39 is 47.1 Å². The molecule has 2 aromatic carbocycles. The Hall–Kier alpha value is -2.94. The molecule has 3 N–H and O–H groups in total. The van der Waals surface area contributed by atoms with Gasteiger partial charge in [-0.1, -0.05) is 53.5 Å². The normalized spacial score (nSPS) is 27.8. The van der Waals surface area contributed by atoms with Gasteiger partial charge in [-0.2, -0.15) is 0 Å². The average molecular weight is 488 g/mol. The molecule has 0 aliphatic carbocycles. The number of carbonyl (C=O) groups is 4. The third-order valence-electron chi connectivity index (χ3n) is 6.75. The predicted molar refractivity (Wildman–Crippen MR) is 120 cm³/mol. The molecule has 8 nitrogen and oxygen atoms in total. The molecule has 3 amide bonds. The highest BCUT2D eigenvalue weighted by Crippen LogP contribution is 2.54. The highest BCUT2D eigenvalue weighted by Gasteiger charge is 2.70. The number of para-hydroxylation sites is 1. The van der Waals surface area contributed by atoms with Crippen LogP contribution in [0.2, 0.25) is 10.0 Å². The Kier molecular flexibility index (Phi) is 5.19. The number of benzene rings is 2. The first kappa shape index (κ1) is 21.9. The van der Waals surface area contributed by atoms with Crippen molar-refractivity contribution >= 4 is 52.6 Å². The van der Waals surface area contributed by atoms with Crippen molar-refractivity contribution in [2.45, 2.75) is 31.0 Å². The van der Waals surface area contributed by atoms with E-state index in [0.29, 0.717) is 26.9 Å². The maximum atomic E-state index is 13.7. The summed E-state index contributed by atoms with van der Waals surface area (Å²) in [6, 6.07) is 11.2. The standard InChI is InChI=1S/C23H19Cl2N3O5/c24-13-6-2-1-4-11(13)10-28-20(31)17-15(8-9-16(29)30)27-23(18(17)21(28)32)12-5-3-7-14(25)19(12)26-22(23)33/h1-7,15,17-18,27H,8-10H2,(H,26,33)(H,29,30)/t15-,17-,18+,23+/m1/s1. The molecule has 2 aromatic rings. The third-order valence-corrected chi connectivity index (χ3v) is 7.43. The predicted octanol–water partition coefficient (Wildman–Crippen LogP) is 2.78. The summed E-state index contributed by atoms with van der Waals surface area (Å²) in [4.78, 5) is 52.9. The van der Waals surface area contributed by atoms with E-state index in [1.54, 1.807) is 42.5 Å². The quantitative estimate of drug-likeness (QED) is 0.558. The number of hydrogen-bond acceptors (Lipinski definition) is 5. The van der Waals surface area contributed by atoms with Crippen LogP contribution in [-0.2, 0) is 31.3 Å². The molecule has 0 radical (unpaired) electrons. The number of carboxylic acids is 1. The molecule has 0 saturated carbocycles. The number of aliphatic carboxylic acids is 1. The van der Waals surface area contributed by atoms with Crippen LogP contribution in [0.4, 0.5) is 5.69 Å². The molecule has 33 heavy (non-hydrogen) atoms. The van der Waals surface area contributed by atoms with Crippen molar-refractivity contribution in [3.8, 4) is 0 Å². The third kappa shape index (κ3) is 3.16. The molecule has 3 aliphatic heterocycles. The molecule has 2 fully saturated rings. The summed E-state index contributed by atoms with van der Waals surface area (Å²) in [5, 5.41) is 15.9. The van der Waals surface area contributed by atoms with Crippen molar-refractivity contribution in [3.63, 3.8) is 0 Å². The van der Waals surface area contributed by atoms with E-state index in [1.165, 1.54) is 0 Å². The number of nitrogens with one attached hydrogen (secondary N) is 2. The van der Waals surface area contributed by atoms with Gasteiger partial charge in [0, 0.05) is 23.0 Å². The number of imide groups is 1. The lowest BCUT2D eigenvalue weighted by Crippen LogP contribution is -2.53. The molecule has 3 heterocycles. The van der Waals surface area contributed by atoms with Crippen molar-refractivity contribution in [1.29, 1.82) is 0 Å². The number of fused-ring (bicyclic) bond motifs is 4. The van der Waals surface area contributed by atoms with Crippen LogP contribution in [0, 0.1) is 11.8 Å². The number of rotatable bonds is 5. The van der Waals surface area contributed by atoms with Crippen molar-refractivity contribution in [2.24, 2.45) is 11.8 Å². The number of likely N-dealkylation sites (tertiary alicyclic amines) is 1. The zero-order valence-electron chi connectivity index (χ0n) is 17.2. The fraction of sp³-hybridized carbons (Fsp3) is 0.304. The lowest BCUT2D eigenvalue weighted by molar-refractivity contribution is -0.144. The van der Waals surface area contributed by atoms with E-state index >= 15 is 0 Å². The van der Waals surface area contributed by atoms with Gasteiger partial charge in [0.1, 0.15) is 5.54 Å². The van der Waals surface area contributed by atoms with Gasteiger partial charge in [0.2, 0.25) is 17.7 Å². The molecule has 3 aliphatic rings. The van der Waals surface area contributed by atoms with Crippen LogP contribution in [0.25, 0.3) is 0 Å². The molecular weight excluding hydrogens is 469 g/mol. The van der Waals surface area contributed by atoms with Crippen LogP contribution >= 0.6 is 23.2 Å². The Bertz CT molecular complexity index is 1220. The zero-order valence-corrected chi connectivity index (χ0v) is 18.7. The first-order chi connectivity index (χ1) is 15.8. The van der Waals surface area contributed by atoms with Crippen LogP contribution < -0.4 is 10.6 Å². The molecule has 1 spiro atoms.